The second kappa shape index (κ2) is 5.53. The van der Waals surface area contributed by atoms with Crippen LogP contribution >= 0.6 is 12.4 Å². The number of aryl methyl sites for hydroxylation is 1. The fourth-order valence-corrected chi connectivity index (χ4v) is 2.74. The van der Waals surface area contributed by atoms with Gasteiger partial charge in [0.05, 0.1) is 21.7 Å². The first-order chi connectivity index (χ1) is 6.77. The van der Waals surface area contributed by atoms with Gasteiger partial charge >= 0.3 is 0 Å². The molecule has 0 aliphatic carbocycles. The molecular weight excluding hydrogens is 234 g/mol. The normalized spacial score (nSPS) is 22.1. The Morgan fingerprint density at radius 1 is 1.47 bits per heavy atom. The van der Waals surface area contributed by atoms with Crippen molar-refractivity contribution in [3.05, 3.63) is 17.8 Å². The fraction of sp³-hybridized carbons (Fsp3) is 0.556. The standard InChI is InChI=1S/C9H13N3OS.ClH/c1-7-2-3-9(12-11-7)14(13)8-4-5-10-6-8;/h2-3,8,10H,4-6H2,1H3;1H. The Kier molecular flexibility index (Phi) is 4.63. The molecule has 1 fully saturated rings. The molecule has 2 unspecified atom stereocenters. The third kappa shape index (κ3) is 2.96. The van der Waals surface area contributed by atoms with Crippen LogP contribution in [0.15, 0.2) is 17.2 Å². The number of rotatable bonds is 2. The lowest BCUT2D eigenvalue weighted by Crippen LogP contribution is -2.19. The molecule has 0 bridgehead atoms. The smallest absolute Gasteiger partial charge is 0.150 e. The van der Waals surface area contributed by atoms with E-state index in [4.69, 9.17) is 0 Å². The van der Waals surface area contributed by atoms with Crippen molar-refractivity contribution in [1.82, 2.24) is 15.5 Å². The molecule has 15 heavy (non-hydrogen) atoms. The summed E-state index contributed by atoms with van der Waals surface area (Å²) in [5.41, 5.74) is 0.857. The first-order valence-electron chi connectivity index (χ1n) is 4.69. The Labute approximate surface area is 97.7 Å². The molecule has 2 atom stereocenters. The molecule has 1 aliphatic heterocycles. The second-order valence-electron chi connectivity index (χ2n) is 3.43. The van der Waals surface area contributed by atoms with Crippen molar-refractivity contribution in [1.29, 1.82) is 0 Å². The largest absolute Gasteiger partial charge is 0.315 e. The zero-order valence-electron chi connectivity index (χ0n) is 8.47. The lowest BCUT2D eigenvalue weighted by atomic mass is 10.4. The molecule has 84 valence electrons. The van der Waals surface area contributed by atoms with Gasteiger partial charge in [-0.15, -0.1) is 17.5 Å². The van der Waals surface area contributed by atoms with Gasteiger partial charge in [0.15, 0.2) is 0 Å². The van der Waals surface area contributed by atoms with Gasteiger partial charge in [-0.1, -0.05) is 0 Å². The summed E-state index contributed by atoms with van der Waals surface area (Å²) in [6.07, 6.45) is 0.960. The van der Waals surface area contributed by atoms with Crippen LogP contribution in [0.2, 0.25) is 0 Å². The molecule has 1 aromatic heterocycles. The number of hydrogen-bond acceptors (Lipinski definition) is 4. The van der Waals surface area contributed by atoms with Gasteiger partial charge in [-0.05, 0) is 32.0 Å². The first-order valence-corrected chi connectivity index (χ1v) is 5.90. The molecule has 1 saturated heterocycles. The minimum atomic E-state index is -1.00. The average molecular weight is 248 g/mol. The van der Waals surface area contributed by atoms with Crippen molar-refractivity contribution >= 4 is 23.2 Å². The highest BCUT2D eigenvalue weighted by Gasteiger charge is 2.23. The highest BCUT2D eigenvalue weighted by atomic mass is 35.5. The van der Waals surface area contributed by atoms with Crippen molar-refractivity contribution in [3.8, 4) is 0 Å². The minimum absolute atomic E-state index is 0. The molecule has 2 rings (SSSR count). The number of nitrogens with zero attached hydrogens (tertiary/aromatic N) is 2. The second-order valence-corrected chi connectivity index (χ2v) is 5.10. The summed E-state index contributed by atoms with van der Waals surface area (Å²) >= 11 is 0. The van der Waals surface area contributed by atoms with Crippen LogP contribution in [0.1, 0.15) is 12.1 Å². The lowest BCUT2D eigenvalue weighted by Gasteiger charge is -2.06. The van der Waals surface area contributed by atoms with Crippen LogP contribution in [0.5, 0.6) is 0 Å². The molecule has 1 N–H and O–H groups in total. The van der Waals surface area contributed by atoms with E-state index in [0.717, 1.165) is 25.2 Å². The van der Waals surface area contributed by atoms with Gasteiger partial charge in [-0.25, -0.2) is 0 Å². The third-order valence-electron chi connectivity index (χ3n) is 2.30. The molecule has 2 heterocycles. The van der Waals surface area contributed by atoms with E-state index < -0.39 is 10.8 Å². The Bertz CT molecular complexity index is 338. The molecule has 0 amide bonds. The summed E-state index contributed by atoms with van der Waals surface area (Å²) in [5, 5.41) is 11.8. The van der Waals surface area contributed by atoms with E-state index in [2.05, 4.69) is 15.5 Å². The zero-order valence-corrected chi connectivity index (χ0v) is 10.1. The van der Waals surface area contributed by atoms with E-state index >= 15 is 0 Å². The van der Waals surface area contributed by atoms with Gasteiger partial charge in [-0.2, -0.15) is 5.10 Å². The molecule has 1 aromatic rings. The van der Waals surface area contributed by atoms with Crippen LogP contribution in [-0.2, 0) is 10.8 Å². The minimum Gasteiger partial charge on any atom is -0.315 e. The Morgan fingerprint density at radius 3 is 2.80 bits per heavy atom. The molecule has 0 radical (unpaired) electrons. The van der Waals surface area contributed by atoms with Gasteiger partial charge in [0.1, 0.15) is 5.03 Å². The van der Waals surface area contributed by atoms with Crippen molar-refractivity contribution in [2.75, 3.05) is 13.1 Å². The van der Waals surface area contributed by atoms with Crippen LogP contribution in [0.25, 0.3) is 0 Å². The van der Waals surface area contributed by atoms with Crippen LogP contribution < -0.4 is 5.32 Å². The number of aromatic nitrogens is 2. The molecule has 0 saturated carbocycles. The Balaban J connectivity index is 0.00000112. The number of halogens is 1. The Hall–Kier alpha value is -0.520. The molecule has 4 nitrogen and oxygen atoms in total. The van der Waals surface area contributed by atoms with E-state index in [1.54, 1.807) is 6.07 Å². The predicted octanol–water partition coefficient (Wildman–Crippen LogP) is 0.676. The van der Waals surface area contributed by atoms with Crippen molar-refractivity contribution in [2.45, 2.75) is 23.6 Å². The lowest BCUT2D eigenvalue weighted by molar-refractivity contribution is 0.666. The van der Waals surface area contributed by atoms with Gasteiger partial charge in [0.2, 0.25) is 0 Å². The summed E-state index contributed by atoms with van der Waals surface area (Å²) in [7, 11) is -1.00. The topological polar surface area (TPSA) is 54.9 Å². The predicted molar refractivity (Wildman–Crippen MR) is 61.7 cm³/mol. The van der Waals surface area contributed by atoms with Crippen molar-refractivity contribution in [3.63, 3.8) is 0 Å². The first kappa shape index (κ1) is 12.5. The molecule has 1 aliphatic rings. The van der Waals surface area contributed by atoms with Crippen molar-refractivity contribution < 1.29 is 4.21 Å². The average Bonchev–Trinajstić information content (AvgIpc) is 2.71. The van der Waals surface area contributed by atoms with Gasteiger partial charge in [-0.3, -0.25) is 4.21 Å². The number of hydrogen-bond donors (Lipinski definition) is 1. The van der Waals surface area contributed by atoms with E-state index in [0.29, 0.717) is 5.03 Å². The van der Waals surface area contributed by atoms with Gasteiger partial charge < -0.3 is 5.32 Å². The van der Waals surface area contributed by atoms with Gasteiger partial charge in [0, 0.05) is 6.54 Å². The number of nitrogens with one attached hydrogen (secondary N) is 1. The quantitative estimate of drug-likeness (QED) is 0.835. The van der Waals surface area contributed by atoms with Crippen LogP contribution in [0.4, 0.5) is 0 Å². The third-order valence-corrected chi connectivity index (χ3v) is 3.94. The summed E-state index contributed by atoms with van der Waals surface area (Å²) in [5.74, 6) is 0. The zero-order chi connectivity index (χ0) is 9.97. The molecule has 0 aromatic carbocycles. The highest BCUT2D eigenvalue weighted by Crippen LogP contribution is 2.13. The van der Waals surface area contributed by atoms with E-state index in [9.17, 15) is 4.21 Å². The SMILES string of the molecule is Cc1ccc(S(=O)C2CCNC2)nn1.Cl. The fourth-order valence-electron chi connectivity index (χ4n) is 1.48. The molecule has 0 spiro atoms. The maximum absolute atomic E-state index is 11.9. The summed E-state index contributed by atoms with van der Waals surface area (Å²) in [4.78, 5) is 0. The maximum atomic E-state index is 11.9. The summed E-state index contributed by atoms with van der Waals surface area (Å²) < 4.78 is 11.9. The van der Waals surface area contributed by atoms with E-state index in [-0.39, 0.29) is 17.7 Å². The summed E-state index contributed by atoms with van der Waals surface area (Å²) in [6.45, 7) is 3.65. The monoisotopic (exact) mass is 247 g/mol. The maximum Gasteiger partial charge on any atom is 0.150 e. The van der Waals surface area contributed by atoms with Crippen LogP contribution in [-0.4, -0.2) is 32.7 Å². The van der Waals surface area contributed by atoms with Crippen LogP contribution in [0, 0.1) is 6.92 Å². The Morgan fingerprint density at radius 2 is 2.27 bits per heavy atom. The van der Waals surface area contributed by atoms with Gasteiger partial charge in [0.25, 0.3) is 0 Å². The summed E-state index contributed by atoms with van der Waals surface area (Å²) in [6, 6.07) is 3.65. The van der Waals surface area contributed by atoms with Crippen molar-refractivity contribution in [2.24, 2.45) is 0 Å². The van der Waals surface area contributed by atoms with E-state index in [1.165, 1.54) is 0 Å². The van der Waals surface area contributed by atoms with Crippen LogP contribution in [0.3, 0.4) is 0 Å². The molecular formula is C9H14ClN3OS. The van der Waals surface area contributed by atoms with E-state index in [1.807, 2.05) is 13.0 Å². The highest BCUT2D eigenvalue weighted by molar-refractivity contribution is 7.85. The molecule has 6 heteroatoms.